The summed E-state index contributed by atoms with van der Waals surface area (Å²) in [5.74, 6) is -0.461. The topological polar surface area (TPSA) is 127 Å². The van der Waals surface area contributed by atoms with Crippen molar-refractivity contribution in [2.45, 2.75) is 42.9 Å². The summed E-state index contributed by atoms with van der Waals surface area (Å²) in [4.78, 5) is 17.2. The molecule has 3 aromatic rings. The van der Waals surface area contributed by atoms with E-state index in [0.29, 0.717) is 11.6 Å². The maximum absolute atomic E-state index is 14.5. The summed E-state index contributed by atoms with van der Waals surface area (Å²) in [6, 6.07) is 7.55. The fourth-order valence-electron chi connectivity index (χ4n) is 3.89. The van der Waals surface area contributed by atoms with E-state index in [-0.39, 0.29) is 4.88 Å². The number of amides is 2. The van der Waals surface area contributed by atoms with Gasteiger partial charge in [-0.05, 0) is 61.9 Å². The molecule has 1 unspecified atom stereocenters. The summed E-state index contributed by atoms with van der Waals surface area (Å²) in [5, 5.41) is 18.7. The minimum Gasteiger partial charge on any atom is -0.481 e. The molecule has 2 amide bonds. The lowest BCUT2D eigenvalue weighted by Gasteiger charge is -2.16. The molecule has 4 rings (SSSR count). The highest BCUT2D eigenvalue weighted by Crippen LogP contribution is 2.38. The quantitative estimate of drug-likeness (QED) is 0.468. The van der Waals surface area contributed by atoms with Crippen molar-refractivity contribution in [1.82, 2.24) is 4.98 Å². The number of thiophene rings is 1. The number of methoxy groups -OCH3 is 1. The second-order valence-electron chi connectivity index (χ2n) is 8.46. The molecule has 2 aromatic heterocycles. The molecule has 2 heterocycles. The predicted molar refractivity (Wildman–Crippen MR) is 130 cm³/mol. The number of hydrogen-bond acceptors (Lipinski definition) is 6. The molecule has 0 spiro atoms. The Morgan fingerprint density at radius 1 is 1.32 bits per heavy atom. The third-order valence-corrected chi connectivity index (χ3v) is 8.86. The number of nitrogens with one attached hydrogen (secondary N) is 1. The van der Waals surface area contributed by atoms with Crippen molar-refractivity contribution in [2.75, 3.05) is 12.4 Å². The summed E-state index contributed by atoms with van der Waals surface area (Å²) in [6.07, 6.45) is 4.17. The van der Waals surface area contributed by atoms with Crippen LogP contribution in [0.25, 0.3) is 11.1 Å². The van der Waals surface area contributed by atoms with Crippen molar-refractivity contribution in [2.24, 2.45) is 9.50 Å². The Morgan fingerprint density at radius 3 is 2.76 bits per heavy atom. The minimum absolute atomic E-state index is 0.226. The summed E-state index contributed by atoms with van der Waals surface area (Å²) < 4.78 is 36.0. The third kappa shape index (κ3) is 4.83. The number of halogens is 1. The summed E-state index contributed by atoms with van der Waals surface area (Å²) in [6.45, 7) is 2.94. The van der Waals surface area contributed by atoms with E-state index in [0.717, 1.165) is 58.9 Å². The molecule has 1 aliphatic carbocycles. The van der Waals surface area contributed by atoms with E-state index >= 15 is 0 Å². The number of aliphatic hydroxyl groups is 1. The van der Waals surface area contributed by atoms with Gasteiger partial charge < -0.3 is 15.2 Å². The number of carbonyl (C=O) groups excluding carboxylic acids is 1. The second kappa shape index (κ2) is 9.06. The van der Waals surface area contributed by atoms with E-state index < -0.39 is 31.6 Å². The van der Waals surface area contributed by atoms with Gasteiger partial charge in [0.2, 0.25) is 5.88 Å². The van der Waals surface area contributed by atoms with Crippen LogP contribution in [0, 0.1) is 5.82 Å². The van der Waals surface area contributed by atoms with Crippen LogP contribution in [0.3, 0.4) is 0 Å². The number of anilines is 1. The molecule has 8 nitrogen and oxygen atoms in total. The molecule has 0 bridgehead atoms. The number of fused-ring (bicyclic) bond motifs is 1. The molecule has 4 N–H and O–H groups in total. The predicted octanol–water partition coefficient (Wildman–Crippen LogP) is 4.61. The highest BCUT2D eigenvalue weighted by atomic mass is 32.2. The standard InChI is InChI=1S/C23H25FN4O4S2/c1-23(2,30)18-12-17(24)21(33-18)34(25,31)28-22(29)27-20-15-6-4-5-13(15)7-8-16(20)14-9-10-26-19(11-14)32-3/h7-12,30H,4-6H2,1-3H3,(H3,25,27,28,29,31). The SMILES string of the molecule is COc1cc(-c2ccc3c(c2NC(=O)N=S(N)(=O)c2sc(C(C)(C)O)cc2F)CCC3)ccn1. The van der Waals surface area contributed by atoms with Crippen molar-refractivity contribution < 1.29 is 23.2 Å². The first-order valence-electron chi connectivity index (χ1n) is 10.5. The first kappa shape index (κ1) is 24.3. The molecule has 11 heteroatoms. The van der Waals surface area contributed by atoms with E-state index in [4.69, 9.17) is 9.88 Å². The maximum Gasteiger partial charge on any atom is 0.354 e. The first-order chi connectivity index (χ1) is 16.0. The highest BCUT2D eigenvalue weighted by Gasteiger charge is 2.27. The Morgan fingerprint density at radius 2 is 2.09 bits per heavy atom. The number of benzene rings is 1. The number of nitrogens with zero attached hydrogens (tertiary/aromatic N) is 2. The smallest absolute Gasteiger partial charge is 0.354 e. The molecule has 1 aromatic carbocycles. The molecule has 0 aliphatic heterocycles. The van der Waals surface area contributed by atoms with Gasteiger partial charge in [-0.15, -0.1) is 15.7 Å². The molecule has 0 fully saturated rings. The Hall–Kier alpha value is -2.86. The molecule has 34 heavy (non-hydrogen) atoms. The molecule has 0 radical (unpaired) electrons. The van der Waals surface area contributed by atoms with E-state index in [2.05, 4.69) is 14.7 Å². The third-order valence-electron chi connectivity index (χ3n) is 5.51. The summed E-state index contributed by atoms with van der Waals surface area (Å²) in [7, 11) is -2.37. The van der Waals surface area contributed by atoms with Crippen LogP contribution >= 0.6 is 11.3 Å². The summed E-state index contributed by atoms with van der Waals surface area (Å²) in [5.41, 5.74) is 2.74. The molecule has 1 aliphatic rings. The Kier molecular flexibility index (Phi) is 6.47. The summed E-state index contributed by atoms with van der Waals surface area (Å²) >= 11 is 0.726. The lowest BCUT2D eigenvalue weighted by molar-refractivity contribution is 0.0823. The van der Waals surface area contributed by atoms with Gasteiger partial charge in [0, 0.05) is 22.7 Å². The number of aromatic nitrogens is 1. The Labute approximate surface area is 201 Å². The minimum atomic E-state index is -3.89. The van der Waals surface area contributed by atoms with Crippen LogP contribution in [-0.4, -0.2) is 27.4 Å². The number of hydrogen-bond donors (Lipinski definition) is 3. The average molecular weight is 505 g/mol. The van der Waals surface area contributed by atoms with Gasteiger partial charge in [0.25, 0.3) is 0 Å². The van der Waals surface area contributed by atoms with Gasteiger partial charge in [-0.3, -0.25) is 0 Å². The number of urea groups is 1. The van der Waals surface area contributed by atoms with Gasteiger partial charge in [0.15, 0.2) is 19.9 Å². The highest BCUT2D eigenvalue weighted by molar-refractivity contribution is 7.93. The Bertz CT molecular complexity index is 1390. The van der Waals surface area contributed by atoms with E-state index in [1.165, 1.54) is 21.0 Å². The Balaban J connectivity index is 1.74. The maximum atomic E-state index is 14.5. The zero-order valence-corrected chi connectivity index (χ0v) is 20.6. The van der Waals surface area contributed by atoms with Crippen LogP contribution in [0.15, 0.2) is 45.1 Å². The molecule has 1 atom stereocenters. The van der Waals surface area contributed by atoms with E-state index in [1.807, 2.05) is 12.1 Å². The number of ether oxygens (including phenoxy) is 1. The molecular weight excluding hydrogens is 479 g/mol. The van der Waals surface area contributed by atoms with Gasteiger partial charge in [-0.1, -0.05) is 12.1 Å². The number of pyridine rings is 1. The second-order valence-corrected chi connectivity index (χ2v) is 11.5. The first-order valence-corrected chi connectivity index (χ1v) is 12.9. The zero-order chi connectivity index (χ0) is 24.7. The molecule has 0 saturated carbocycles. The normalized spacial score (nSPS) is 14.9. The van der Waals surface area contributed by atoms with Crippen molar-refractivity contribution in [3.8, 4) is 17.0 Å². The van der Waals surface area contributed by atoms with Crippen LogP contribution in [0.4, 0.5) is 14.9 Å². The van der Waals surface area contributed by atoms with Crippen molar-refractivity contribution in [3.05, 3.63) is 58.3 Å². The van der Waals surface area contributed by atoms with Gasteiger partial charge in [0.1, 0.15) is 0 Å². The van der Waals surface area contributed by atoms with Crippen molar-refractivity contribution >= 4 is 33.0 Å². The average Bonchev–Trinajstić information content (AvgIpc) is 3.40. The van der Waals surface area contributed by atoms with Crippen LogP contribution in [0.5, 0.6) is 5.88 Å². The van der Waals surface area contributed by atoms with Gasteiger partial charge >= 0.3 is 6.03 Å². The molecule has 0 saturated heterocycles. The zero-order valence-electron chi connectivity index (χ0n) is 18.9. The lowest BCUT2D eigenvalue weighted by atomic mass is 9.98. The number of nitrogens with two attached hydrogens (primary N) is 1. The number of carbonyl (C=O) groups is 1. The van der Waals surface area contributed by atoms with Gasteiger partial charge in [-0.25, -0.2) is 23.5 Å². The lowest BCUT2D eigenvalue weighted by Crippen LogP contribution is -2.18. The fourth-order valence-corrected chi connectivity index (χ4v) is 6.23. The van der Waals surface area contributed by atoms with Crippen molar-refractivity contribution in [1.29, 1.82) is 0 Å². The monoisotopic (exact) mass is 504 g/mol. The fraction of sp³-hybridized carbons (Fsp3) is 0.304. The van der Waals surface area contributed by atoms with Crippen molar-refractivity contribution in [3.63, 3.8) is 0 Å². The van der Waals surface area contributed by atoms with Crippen LogP contribution in [0.2, 0.25) is 0 Å². The van der Waals surface area contributed by atoms with E-state index in [1.54, 1.807) is 18.3 Å². The number of aryl methyl sites for hydroxylation is 1. The largest absolute Gasteiger partial charge is 0.481 e. The van der Waals surface area contributed by atoms with Gasteiger partial charge in [0.05, 0.1) is 18.4 Å². The van der Waals surface area contributed by atoms with Crippen LogP contribution < -0.4 is 15.2 Å². The van der Waals surface area contributed by atoms with E-state index in [9.17, 15) is 18.5 Å². The molecular formula is C23H25FN4O4S2. The van der Waals surface area contributed by atoms with Crippen LogP contribution in [-0.2, 0) is 28.4 Å². The number of rotatable bonds is 5. The van der Waals surface area contributed by atoms with Gasteiger partial charge in [-0.2, -0.15) is 0 Å². The molecule has 180 valence electrons. The van der Waals surface area contributed by atoms with Crippen LogP contribution in [0.1, 0.15) is 36.3 Å².